The van der Waals surface area contributed by atoms with Crippen molar-refractivity contribution in [2.75, 3.05) is 6.54 Å². The molecule has 0 spiro atoms. The summed E-state index contributed by atoms with van der Waals surface area (Å²) in [5, 5.41) is 9.20. The minimum Gasteiger partial charge on any atom is -0.480 e. The van der Waals surface area contributed by atoms with Gasteiger partial charge in [-0.3, -0.25) is 9.78 Å². The number of oxazole rings is 1. The molecule has 0 bridgehead atoms. The van der Waals surface area contributed by atoms with Gasteiger partial charge in [0.2, 0.25) is 10.0 Å². The smallest absolute Gasteiger partial charge is 0.417 e. The topological polar surface area (TPSA) is 121 Å². The number of hydrogen-bond acceptors (Lipinski definition) is 5. The van der Waals surface area contributed by atoms with Crippen molar-refractivity contribution in [3.05, 3.63) is 28.5 Å². The van der Waals surface area contributed by atoms with E-state index in [1.54, 1.807) is 0 Å². The van der Waals surface area contributed by atoms with Gasteiger partial charge in [-0.15, -0.1) is 0 Å². The van der Waals surface area contributed by atoms with Crippen molar-refractivity contribution in [2.45, 2.75) is 30.2 Å². The Morgan fingerprint density at radius 3 is 2.83 bits per heavy atom. The summed E-state index contributed by atoms with van der Waals surface area (Å²) in [6, 6.07) is 0.500. The second-order valence-electron chi connectivity index (χ2n) is 5.26. The molecule has 3 rings (SSSR count). The fourth-order valence-corrected chi connectivity index (χ4v) is 4.43. The molecule has 8 nitrogen and oxygen atoms in total. The lowest BCUT2D eigenvalue weighted by atomic mass is 10.1. The predicted molar refractivity (Wildman–Crippen MR) is 76.0 cm³/mol. The van der Waals surface area contributed by atoms with Gasteiger partial charge >= 0.3 is 11.7 Å². The van der Waals surface area contributed by atoms with Gasteiger partial charge in [-0.1, -0.05) is 0 Å². The fourth-order valence-electron chi connectivity index (χ4n) is 2.72. The second-order valence-corrected chi connectivity index (χ2v) is 7.12. The van der Waals surface area contributed by atoms with E-state index in [0.29, 0.717) is 12.8 Å². The molecule has 0 amide bonds. The molecular weight excluding hydrogens is 331 g/mol. The second kappa shape index (κ2) is 5.46. The first-order chi connectivity index (χ1) is 10.8. The molecule has 1 fully saturated rings. The van der Waals surface area contributed by atoms with Crippen molar-refractivity contribution < 1.29 is 27.1 Å². The standard InChI is InChI=1S/C13H13FN2O6S/c14-7-5-8-10(22-13(19)15-8)6-11(7)23(20,21)16-4-2-1-3-9(16)12(17)18/h5-6,9H,1-4H2,(H,15,19)(H,17,18). The molecule has 1 aliphatic rings. The molecule has 1 aliphatic heterocycles. The summed E-state index contributed by atoms with van der Waals surface area (Å²) < 4.78 is 45.1. The molecule has 0 saturated carbocycles. The van der Waals surface area contributed by atoms with Crippen LogP contribution in [0.15, 0.2) is 26.2 Å². The summed E-state index contributed by atoms with van der Waals surface area (Å²) in [7, 11) is -4.37. The van der Waals surface area contributed by atoms with Gasteiger partial charge in [0.25, 0.3) is 0 Å². The van der Waals surface area contributed by atoms with Crippen LogP contribution < -0.4 is 5.76 Å². The van der Waals surface area contributed by atoms with Crippen molar-refractivity contribution in [3.8, 4) is 0 Å². The van der Waals surface area contributed by atoms with Gasteiger partial charge in [-0.05, 0) is 19.3 Å². The van der Waals surface area contributed by atoms with Crippen LogP contribution in [0.2, 0.25) is 0 Å². The van der Waals surface area contributed by atoms with Crippen molar-refractivity contribution in [2.24, 2.45) is 0 Å². The SMILES string of the molecule is O=C(O)C1CCCCN1S(=O)(=O)c1cc2oc(=O)[nH]c2cc1F. The van der Waals surface area contributed by atoms with Gasteiger partial charge in [0, 0.05) is 18.7 Å². The summed E-state index contributed by atoms with van der Waals surface area (Å²) in [5.74, 6) is -3.19. The number of H-pyrrole nitrogens is 1. The number of carbonyl (C=O) groups is 1. The molecular formula is C13H13FN2O6S. The number of sulfonamides is 1. The third-order valence-electron chi connectivity index (χ3n) is 3.80. The maximum absolute atomic E-state index is 14.2. The normalized spacial score (nSPS) is 20.0. The summed E-state index contributed by atoms with van der Waals surface area (Å²) in [4.78, 5) is 23.9. The van der Waals surface area contributed by atoms with Gasteiger partial charge < -0.3 is 9.52 Å². The molecule has 2 heterocycles. The maximum Gasteiger partial charge on any atom is 0.417 e. The van der Waals surface area contributed by atoms with Crippen LogP contribution in [0.4, 0.5) is 4.39 Å². The monoisotopic (exact) mass is 344 g/mol. The third-order valence-corrected chi connectivity index (χ3v) is 5.72. The van der Waals surface area contributed by atoms with Gasteiger partial charge in [0.15, 0.2) is 5.58 Å². The highest BCUT2D eigenvalue weighted by molar-refractivity contribution is 7.89. The highest BCUT2D eigenvalue weighted by atomic mass is 32.2. The van der Waals surface area contributed by atoms with E-state index >= 15 is 0 Å². The Morgan fingerprint density at radius 1 is 1.39 bits per heavy atom. The number of piperidine rings is 1. The molecule has 124 valence electrons. The molecule has 1 saturated heterocycles. The molecule has 1 atom stereocenters. The van der Waals surface area contributed by atoms with Crippen LogP contribution in [0.1, 0.15) is 19.3 Å². The Kier molecular flexibility index (Phi) is 3.72. The number of rotatable bonds is 3. The van der Waals surface area contributed by atoms with Crippen LogP contribution in [0.25, 0.3) is 11.1 Å². The number of nitrogens with zero attached hydrogens (tertiary/aromatic N) is 1. The van der Waals surface area contributed by atoms with Gasteiger partial charge in [-0.2, -0.15) is 4.31 Å². The quantitative estimate of drug-likeness (QED) is 0.853. The van der Waals surface area contributed by atoms with E-state index in [0.717, 1.165) is 16.4 Å². The Morgan fingerprint density at radius 2 is 2.13 bits per heavy atom. The average Bonchev–Trinajstić information content (AvgIpc) is 2.85. The molecule has 1 aromatic carbocycles. The zero-order chi connectivity index (χ0) is 16.8. The number of fused-ring (bicyclic) bond motifs is 1. The minimum atomic E-state index is -4.37. The number of aromatic amines is 1. The Labute approximate surface area is 129 Å². The maximum atomic E-state index is 14.2. The lowest BCUT2D eigenvalue weighted by molar-refractivity contribution is -0.142. The number of nitrogens with one attached hydrogen (secondary N) is 1. The first-order valence-electron chi connectivity index (χ1n) is 6.88. The summed E-state index contributed by atoms with van der Waals surface area (Å²) in [5.41, 5.74) is -0.0845. The summed E-state index contributed by atoms with van der Waals surface area (Å²) in [6.07, 6.45) is 1.24. The molecule has 2 aromatic rings. The molecule has 1 aromatic heterocycles. The Bertz CT molecular complexity index is 932. The fraction of sp³-hybridized carbons (Fsp3) is 0.385. The lowest BCUT2D eigenvalue weighted by Gasteiger charge is -2.31. The summed E-state index contributed by atoms with van der Waals surface area (Å²) >= 11 is 0. The number of hydrogen-bond donors (Lipinski definition) is 2. The number of halogens is 1. The van der Waals surface area contributed by atoms with Crippen LogP contribution in [0.3, 0.4) is 0 Å². The number of carboxylic acids is 1. The molecule has 23 heavy (non-hydrogen) atoms. The number of benzene rings is 1. The predicted octanol–water partition coefficient (Wildman–Crippen LogP) is 0.888. The zero-order valence-corrected chi connectivity index (χ0v) is 12.6. The van der Waals surface area contributed by atoms with Gasteiger partial charge in [-0.25, -0.2) is 17.6 Å². The van der Waals surface area contributed by atoms with Crippen molar-refractivity contribution >= 4 is 27.1 Å². The molecule has 10 heteroatoms. The van der Waals surface area contributed by atoms with E-state index in [1.165, 1.54) is 0 Å². The lowest BCUT2D eigenvalue weighted by Crippen LogP contribution is -2.48. The number of aromatic nitrogens is 1. The first kappa shape index (κ1) is 15.7. The van der Waals surface area contributed by atoms with Crippen LogP contribution in [-0.2, 0) is 14.8 Å². The molecule has 0 aliphatic carbocycles. The van der Waals surface area contributed by atoms with Crippen molar-refractivity contribution in [1.29, 1.82) is 0 Å². The van der Waals surface area contributed by atoms with E-state index in [2.05, 4.69) is 4.98 Å². The van der Waals surface area contributed by atoms with Crippen molar-refractivity contribution in [3.63, 3.8) is 0 Å². The largest absolute Gasteiger partial charge is 0.480 e. The van der Waals surface area contributed by atoms with Crippen LogP contribution in [-0.4, -0.2) is 41.4 Å². The first-order valence-corrected chi connectivity index (χ1v) is 8.32. The van der Waals surface area contributed by atoms with Crippen LogP contribution in [0.5, 0.6) is 0 Å². The zero-order valence-electron chi connectivity index (χ0n) is 11.8. The van der Waals surface area contributed by atoms with Gasteiger partial charge in [0.1, 0.15) is 16.8 Å². The molecule has 0 radical (unpaired) electrons. The van der Waals surface area contributed by atoms with E-state index < -0.39 is 38.5 Å². The van der Waals surface area contributed by atoms with Crippen LogP contribution in [0, 0.1) is 5.82 Å². The Balaban J connectivity index is 2.13. The highest BCUT2D eigenvalue weighted by Crippen LogP contribution is 2.29. The minimum absolute atomic E-state index is 0.00609. The van der Waals surface area contributed by atoms with Crippen molar-refractivity contribution in [1.82, 2.24) is 9.29 Å². The number of aliphatic carboxylic acids is 1. The van der Waals surface area contributed by atoms with E-state index in [4.69, 9.17) is 4.42 Å². The van der Waals surface area contributed by atoms with E-state index in [-0.39, 0.29) is 24.1 Å². The third kappa shape index (κ3) is 2.63. The highest BCUT2D eigenvalue weighted by Gasteiger charge is 2.39. The number of carboxylic acid groups (broad SMARTS) is 1. The van der Waals surface area contributed by atoms with E-state index in [9.17, 15) is 27.5 Å². The van der Waals surface area contributed by atoms with E-state index in [1.807, 2.05) is 0 Å². The molecule has 2 N–H and O–H groups in total. The van der Waals surface area contributed by atoms with Gasteiger partial charge in [0.05, 0.1) is 5.52 Å². The van der Waals surface area contributed by atoms with Crippen LogP contribution >= 0.6 is 0 Å². The summed E-state index contributed by atoms with van der Waals surface area (Å²) in [6.45, 7) is -0.00609. The average molecular weight is 344 g/mol. The molecule has 1 unspecified atom stereocenters. The Hall–Kier alpha value is -2.20.